The highest BCUT2D eigenvalue weighted by Crippen LogP contribution is 2.22. The van der Waals surface area contributed by atoms with E-state index in [1.54, 1.807) is 7.11 Å². The van der Waals surface area contributed by atoms with Crippen LogP contribution in [0.25, 0.3) is 11.0 Å². The molecule has 4 nitrogen and oxygen atoms in total. The first-order valence-electron chi connectivity index (χ1n) is 6.98. The second kappa shape index (κ2) is 6.57. The van der Waals surface area contributed by atoms with Gasteiger partial charge in [0.25, 0.3) is 0 Å². The van der Waals surface area contributed by atoms with Crippen molar-refractivity contribution in [3.05, 3.63) is 24.0 Å². The molecule has 0 radical (unpaired) electrons. The van der Waals surface area contributed by atoms with Crippen molar-refractivity contribution in [2.45, 2.75) is 32.7 Å². The minimum absolute atomic E-state index is 0.871. The normalized spacial score (nSPS) is 11.1. The standard InChI is InChI=1S/C15H23N3O/c1-4-10-18-14-8-7-12(19-3)11-13(14)17-15(18)6-5-9-16-2/h7-8,11,16H,4-6,9-10H2,1-3H3. The van der Waals surface area contributed by atoms with Gasteiger partial charge >= 0.3 is 0 Å². The fourth-order valence-corrected chi connectivity index (χ4v) is 2.37. The monoisotopic (exact) mass is 261 g/mol. The SMILES string of the molecule is CCCn1c(CCCNC)nc2cc(OC)ccc21. The molecule has 1 N–H and O–H groups in total. The van der Waals surface area contributed by atoms with Crippen LogP contribution in [-0.4, -0.2) is 30.3 Å². The second-order valence-electron chi connectivity index (χ2n) is 4.74. The number of rotatable bonds is 7. The van der Waals surface area contributed by atoms with Crippen molar-refractivity contribution in [3.63, 3.8) is 0 Å². The number of methoxy groups -OCH3 is 1. The van der Waals surface area contributed by atoms with E-state index in [1.165, 1.54) is 11.3 Å². The lowest BCUT2D eigenvalue weighted by Gasteiger charge is -2.07. The molecule has 0 aliphatic heterocycles. The van der Waals surface area contributed by atoms with E-state index in [0.29, 0.717) is 0 Å². The molecule has 0 aliphatic carbocycles. The quantitative estimate of drug-likeness (QED) is 0.779. The summed E-state index contributed by atoms with van der Waals surface area (Å²) in [4.78, 5) is 4.77. The summed E-state index contributed by atoms with van der Waals surface area (Å²) in [5.41, 5.74) is 2.24. The van der Waals surface area contributed by atoms with Gasteiger partial charge < -0.3 is 14.6 Å². The van der Waals surface area contributed by atoms with E-state index in [-0.39, 0.29) is 0 Å². The zero-order chi connectivity index (χ0) is 13.7. The van der Waals surface area contributed by atoms with Crippen molar-refractivity contribution in [2.24, 2.45) is 0 Å². The van der Waals surface area contributed by atoms with E-state index in [2.05, 4.69) is 22.9 Å². The van der Waals surface area contributed by atoms with Gasteiger partial charge in [-0.05, 0) is 38.6 Å². The number of nitrogens with one attached hydrogen (secondary N) is 1. The number of fused-ring (bicyclic) bond motifs is 1. The lowest BCUT2D eigenvalue weighted by Crippen LogP contribution is -2.11. The molecule has 104 valence electrons. The maximum Gasteiger partial charge on any atom is 0.121 e. The van der Waals surface area contributed by atoms with E-state index in [4.69, 9.17) is 9.72 Å². The van der Waals surface area contributed by atoms with E-state index in [1.807, 2.05) is 19.2 Å². The van der Waals surface area contributed by atoms with Crippen LogP contribution in [0.5, 0.6) is 5.75 Å². The highest BCUT2D eigenvalue weighted by atomic mass is 16.5. The zero-order valence-corrected chi connectivity index (χ0v) is 12.1. The first-order valence-corrected chi connectivity index (χ1v) is 6.98. The summed E-state index contributed by atoms with van der Waals surface area (Å²) >= 11 is 0. The lowest BCUT2D eigenvalue weighted by atomic mass is 10.3. The maximum atomic E-state index is 5.27. The zero-order valence-electron chi connectivity index (χ0n) is 12.1. The largest absolute Gasteiger partial charge is 0.497 e. The van der Waals surface area contributed by atoms with Crippen molar-refractivity contribution in [1.29, 1.82) is 0 Å². The predicted molar refractivity (Wildman–Crippen MR) is 78.8 cm³/mol. The Morgan fingerprint density at radius 3 is 2.89 bits per heavy atom. The molecule has 0 bridgehead atoms. The molecule has 1 aromatic carbocycles. The summed E-state index contributed by atoms with van der Waals surface area (Å²) in [7, 11) is 3.68. The molecule has 2 rings (SSSR count). The van der Waals surface area contributed by atoms with Crippen LogP contribution in [0.4, 0.5) is 0 Å². The minimum Gasteiger partial charge on any atom is -0.497 e. The Bertz CT molecular complexity index is 533. The maximum absolute atomic E-state index is 5.27. The van der Waals surface area contributed by atoms with Gasteiger partial charge in [-0.15, -0.1) is 0 Å². The molecule has 0 spiro atoms. The van der Waals surface area contributed by atoms with Crippen molar-refractivity contribution >= 4 is 11.0 Å². The van der Waals surface area contributed by atoms with Gasteiger partial charge in [0.15, 0.2) is 0 Å². The number of ether oxygens (including phenoxy) is 1. The molecule has 0 saturated carbocycles. The molecule has 0 amide bonds. The van der Waals surface area contributed by atoms with Gasteiger partial charge in [-0.3, -0.25) is 0 Å². The van der Waals surface area contributed by atoms with Crippen LogP contribution >= 0.6 is 0 Å². The Labute approximate surface area is 114 Å². The molecular formula is C15H23N3O. The van der Waals surface area contributed by atoms with Crippen molar-refractivity contribution < 1.29 is 4.74 Å². The van der Waals surface area contributed by atoms with Crippen LogP contribution in [-0.2, 0) is 13.0 Å². The number of nitrogens with zero attached hydrogens (tertiary/aromatic N) is 2. The summed E-state index contributed by atoms with van der Waals surface area (Å²) in [6, 6.07) is 6.13. The van der Waals surface area contributed by atoms with Crippen LogP contribution in [0.15, 0.2) is 18.2 Å². The van der Waals surface area contributed by atoms with Gasteiger partial charge in [0, 0.05) is 19.0 Å². The molecule has 0 aliphatic rings. The predicted octanol–water partition coefficient (Wildman–Crippen LogP) is 2.61. The Morgan fingerprint density at radius 1 is 1.37 bits per heavy atom. The minimum atomic E-state index is 0.871. The smallest absolute Gasteiger partial charge is 0.121 e. The van der Waals surface area contributed by atoms with Crippen LogP contribution in [0.2, 0.25) is 0 Å². The number of imidazole rings is 1. The van der Waals surface area contributed by atoms with Gasteiger partial charge in [-0.1, -0.05) is 6.92 Å². The van der Waals surface area contributed by atoms with Gasteiger partial charge in [0.2, 0.25) is 0 Å². The number of aromatic nitrogens is 2. The van der Waals surface area contributed by atoms with Gasteiger partial charge in [-0.25, -0.2) is 4.98 Å². The summed E-state index contributed by atoms with van der Waals surface area (Å²) in [5, 5.41) is 3.18. The third-order valence-corrected chi connectivity index (χ3v) is 3.31. The molecule has 2 aromatic rings. The highest BCUT2D eigenvalue weighted by Gasteiger charge is 2.10. The summed E-state index contributed by atoms with van der Waals surface area (Å²) in [6.07, 6.45) is 3.25. The van der Waals surface area contributed by atoms with Crippen LogP contribution in [0, 0.1) is 0 Å². The van der Waals surface area contributed by atoms with Crippen LogP contribution in [0.1, 0.15) is 25.6 Å². The van der Waals surface area contributed by atoms with Gasteiger partial charge in [-0.2, -0.15) is 0 Å². The highest BCUT2D eigenvalue weighted by molar-refractivity contribution is 5.77. The topological polar surface area (TPSA) is 39.1 Å². The molecular weight excluding hydrogens is 238 g/mol. The molecule has 0 unspecified atom stereocenters. The Balaban J connectivity index is 2.34. The van der Waals surface area contributed by atoms with E-state index >= 15 is 0 Å². The average Bonchev–Trinajstić information content (AvgIpc) is 2.77. The number of benzene rings is 1. The summed E-state index contributed by atoms with van der Waals surface area (Å²) < 4.78 is 7.61. The lowest BCUT2D eigenvalue weighted by molar-refractivity contribution is 0.415. The first-order chi connectivity index (χ1) is 9.30. The molecule has 4 heteroatoms. The number of aryl methyl sites for hydroxylation is 2. The third kappa shape index (κ3) is 3.07. The summed E-state index contributed by atoms with van der Waals surface area (Å²) in [6.45, 7) is 4.25. The molecule has 0 saturated heterocycles. The van der Waals surface area contributed by atoms with Crippen LogP contribution < -0.4 is 10.1 Å². The fourth-order valence-electron chi connectivity index (χ4n) is 2.37. The number of hydrogen-bond acceptors (Lipinski definition) is 3. The van der Waals surface area contributed by atoms with Crippen molar-refractivity contribution in [1.82, 2.24) is 14.9 Å². The Morgan fingerprint density at radius 2 is 2.21 bits per heavy atom. The molecule has 1 aromatic heterocycles. The van der Waals surface area contributed by atoms with E-state index in [0.717, 1.165) is 43.6 Å². The third-order valence-electron chi connectivity index (χ3n) is 3.31. The first kappa shape index (κ1) is 13.9. The molecule has 0 fully saturated rings. The second-order valence-corrected chi connectivity index (χ2v) is 4.74. The average molecular weight is 261 g/mol. The fraction of sp³-hybridized carbons (Fsp3) is 0.533. The van der Waals surface area contributed by atoms with Gasteiger partial charge in [0.05, 0.1) is 18.1 Å². The Kier molecular flexibility index (Phi) is 4.80. The molecule has 19 heavy (non-hydrogen) atoms. The summed E-state index contributed by atoms with van der Waals surface area (Å²) in [5.74, 6) is 2.05. The van der Waals surface area contributed by atoms with Crippen LogP contribution in [0.3, 0.4) is 0 Å². The number of hydrogen-bond donors (Lipinski definition) is 1. The van der Waals surface area contributed by atoms with Crippen molar-refractivity contribution in [3.8, 4) is 5.75 Å². The van der Waals surface area contributed by atoms with Gasteiger partial charge in [0.1, 0.15) is 11.6 Å². The molecule has 1 heterocycles. The Hall–Kier alpha value is -1.55. The van der Waals surface area contributed by atoms with E-state index < -0.39 is 0 Å². The van der Waals surface area contributed by atoms with E-state index in [9.17, 15) is 0 Å². The van der Waals surface area contributed by atoms with Crippen molar-refractivity contribution in [2.75, 3.05) is 20.7 Å². The molecule has 0 atom stereocenters.